The molecule has 0 bridgehead atoms. The highest BCUT2D eigenvalue weighted by Crippen LogP contribution is 2.23. The lowest BCUT2D eigenvalue weighted by atomic mass is 10.2. The van der Waals surface area contributed by atoms with Gasteiger partial charge in [-0.1, -0.05) is 29.8 Å². The van der Waals surface area contributed by atoms with E-state index in [0.29, 0.717) is 16.6 Å². The summed E-state index contributed by atoms with van der Waals surface area (Å²) in [6.45, 7) is 1.36. The summed E-state index contributed by atoms with van der Waals surface area (Å²) in [6, 6.07) is 15.7. The monoisotopic (exact) mass is 399 g/mol. The number of rotatable bonds is 6. The molecule has 1 amide bonds. The smallest absolute Gasteiger partial charge is 0.342 e. The van der Waals surface area contributed by atoms with Crippen molar-refractivity contribution in [2.24, 2.45) is 0 Å². The van der Waals surface area contributed by atoms with Gasteiger partial charge in [-0.15, -0.1) is 0 Å². The number of carbonyl (C=O) groups excluding carboxylic acids is 2. The zero-order valence-corrected chi connectivity index (χ0v) is 16.1. The highest BCUT2D eigenvalue weighted by Gasteiger charge is 2.17. The van der Waals surface area contributed by atoms with Crippen LogP contribution >= 0.6 is 11.6 Å². The van der Waals surface area contributed by atoms with Crippen molar-refractivity contribution in [3.63, 3.8) is 0 Å². The zero-order valence-electron chi connectivity index (χ0n) is 15.3. The third kappa shape index (κ3) is 4.50. The van der Waals surface area contributed by atoms with E-state index in [0.717, 1.165) is 11.4 Å². The summed E-state index contributed by atoms with van der Waals surface area (Å²) in [5.41, 5.74) is 1.68. The first kappa shape index (κ1) is 19.4. The summed E-state index contributed by atoms with van der Waals surface area (Å²) in [4.78, 5) is 24.5. The van der Waals surface area contributed by atoms with Crippen LogP contribution in [-0.2, 0) is 9.53 Å². The molecule has 0 spiro atoms. The van der Waals surface area contributed by atoms with Crippen LogP contribution in [0.25, 0.3) is 5.69 Å². The van der Waals surface area contributed by atoms with Crippen molar-refractivity contribution in [2.45, 2.75) is 6.92 Å². The van der Waals surface area contributed by atoms with Gasteiger partial charge in [-0.3, -0.25) is 4.79 Å². The van der Waals surface area contributed by atoms with Gasteiger partial charge in [-0.05, 0) is 37.3 Å². The number of ether oxygens (including phenoxy) is 2. The summed E-state index contributed by atoms with van der Waals surface area (Å²) < 4.78 is 11.8. The van der Waals surface area contributed by atoms with Crippen LogP contribution in [0.4, 0.5) is 5.82 Å². The summed E-state index contributed by atoms with van der Waals surface area (Å²) in [7, 11) is 1.43. The van der Waals surface area contributed by atoms with E-state index >= 15 is 0 Å². The topological polar surface area (TPSA) is 82.4 Å². The zero-order chi connectivity index (χ0) is 20.1. The lowest BCUT2D eigenvalue weighted by Gasteiger charge is -2.10. The fourth-order valence-electron chi connectivity index (χ4n) is 2.58. The van der Waals surface area contributed by atoms with Gasteiger partial charge < -0.3 is 14.8 Å². The third-order valence-corrected chi connectivity index (χ3v) is 4.05. The molecule has 0 radical (unpaired) electrons. The number of nitrogens with one attached hydrogen (secondary N) is 1. The standard InChI is InChI=1S/C20H18ClN3O4/c1-13-10-18(24(23-13)15-6-4-3-5-7-15)22-19(25)12-28-20(26)16-11-14(21)8-9-17(16)27-2/h3-11H,12H2,1-2H3,(H,22,25). The van der Waals surface area contributed by atoms with Crippen molar-refractivity contribution in [3.8, 4) is 11.4 Å². The van der Waals surface area contributed by atoms with Gasteiger partial charge in [-0.25, -0.2) is 9.48 Å². The maximum Gasteiger partial charge on any atom is 0.342 e. The van der Waals surface area contributed by atoms with Crippen LogP contribution in [-0.4, -0.2) is 35.4 Å². The first-order chi connectivity index (χ1) is 13.5. The second-order valence-corrected chi connectivity index (χ2v) is 6.32. The predicted molar refractivity (Wildman–Crippen MR) is 105 cm³/mol. The second-order valence-electron chi connectivity index (χ2n) is 5.89. The molecule has 0 saturated heterocycles. The third-order valence-electron chi connectivity index (χ3n) is 3.82. The Balaban J connectivity index is 1.67. The van der Waals surface area contributed by atoms with E-state index in [-0.39, 0.29) is 5.56 Å². The Bertz CT molecular complexity index is 1000. The Morgan fingerprint density at radius 2 is 1.89 bits per heavy atom. The van der Waals surface area contributed by atoms with Gasteiger partial charge in [0.2, 0.25) is 0 Å². The molecule has 3 rings (SSSR count). The number of hydrogen-bond acceptors (Lipinski definition) is 5. The molecule has 0 aliphatic heterocycles. The highest BCUT2D eigenvalue weighted by atomic mass is 35.5. The molecule has 0 unspecified atom stereocenters. The van der Waals surface area contributed by atoms with Gasteiger partial charge in [-0.2, -0.15) is 5.10 Å². The van der Waals surface area contributed by atoms with Gasteiger partial charge in [0.1, 0.15) is 17.1 Å². The summed E-state index contributed by atoms with van der Waals surface area (Å²) in [5.74, 6) is -0.411. The van der Waals surface area contributed by atoms with Gasteiger partial charge in [0.25, 0.3) is 5.91 Å². The number of hydrogen-bond donors (Lipinski definition) is 1. The van der Waals surface area contributed by atoms with Crippen LogP contribution in [0.3, 0.4) is 0 Å². The van der Waals surface area contributed by atoms with Crippen molar-refractivity contribution < 1.29 is 19.1 Å². The Morgan fingerprint density at radius 3 is 2.61 bits per heavy atom. The molecule has 144 valence electrons. The highest BCUT2D eigenvalue weighted by molar-refractivity contribution is 6.31. The number of amides is 1. The number of benzene rings is 2. The first-order valence-corrected chi connectivity index (χ1v) is 8.78. The molecule has 1 heterocycles. The number of para-hydroxylation sites is 1. The Hall–Kier alpha value is -3.32. The quantitative estimate of drug-likeness (QED) is 0.640. The molecule has 0 atom stereocenters. The molecule has 0 fully saturated rings. The van der Waals surface area contributed by atoms with E-state index in [4.69, 9.17) is 21.1 Å². The molecule has 1 aromatic heterocycles. The molecule has 28 heavy (non-hydrogen) atoms. The van der Waals surface area contributed by atoms with Gasteiger partial charge in [0.15, 0.2) is 6.61 Å². The molecule has 1 N–H and O–H groups in total. The Morgan fingerprint density at radius 1 is 1.14 bits per heavy atom. The summed E-state index contributed by atoms with van der Waals surface area (Å²) in [6.07, 6.45) is 0. The average Bonchev–Trinajstić information content (AvgIpc) is 3.06. The van der Waals surface area contributed by atoms with Crippen LogP contribution in [0.1, 0.15) is 16.1 Å². The fourth-order valence-corrected chi connectivity index (χ4v) is 2.75. The molecule has 8 heteroatoms. The van der Waals surface area contributed by atoms with E-state index in [1.807, 2.05) is 37.3 Å². The van der Waals surface area contributed by atoms with Crippen molar-refractivity contribution in [1.29, 1.82) is 0 Å². The van der Waals surface area contributed by atoms with Crippen molar-refractivity contribution >= 4 is 29.3 Å². The van der Waals surface area contributed by atoms with Crippen molar-refractivity contribution in [3.05, 3.63) is 70.9 Å². The maximum absolute atomic E-state index is 12.3. The van der Waals surface area contributed by atoms with Gasteiger partial charge >= 0.3 is 5.97 Å². The van der Waals surface area contributed by atoms with E-state index in [1.165, 1.54) is 13.2 Å². The van der Waals surface area contributed by atoms with E-state index in [1.54, 1.807) is 22.9 Å². The molecule has 2 aromatic carbocycles. The minimum Gasteiger partial charge on any atom is -0.496 e. The fraction of sp³-hybridized carbons (Fsp3) is 0.150. The predicted octanol–water partition coefficient (Wildman–Crippen LogP) is 3.64. The SMILES string of the molecule is COc1ccc(Cl)cc1C(=O)OCC(=O)Nc1cc(C)nn1-c1ccccc1. The first-order valence-electron chi connectivity index (χ1n) is 8.40. The Kier molecular flexibility index (Phi) is 5.96. The number of carbonyl (C=O) groups is 2. The second kappa shape index (κ2) is 8.58. The van der Waals surface area contributed by atoms with E-state index < -0.39 is 18.5 Å². The van der Waals surface area contributed by atoms with Crippen LogP contribution in [0.15, 0.2) is 54.6 Å². The van der Waals surface area contributed by atoms with Crippen molar-refractivity contribution in [1.82, 2.24) is 9.78 Å². The molecule has 0 aliphatic rings. The van der Waals surface area contributed by atoms with E-state index in [2.05, 4.69) is 10.4 Å². The largest absolute Gasteiger partial charge is 0.496 e. The number of halogens is 1. The Labute approximate surface area is 166 Å². The van der Waals surface area contributed by atoms with Crippen LogP contribution in [0.5, 0.6) is 5.75 Å². The molecule has 3 aromatic rings. The minimum absolute atomic E-state index is 0.146. The lowest BCUT2D eigenvalue weighted by molar-refractivity contribution is -0.119. The average molecular weight is 400 g/mol. The maximum atomic E-state index is 12.3. The number of methoxy groups -OCH3 is 1. The molecule has 0 saturated carbocycles. The van der Waals surface area contributed by atoms with E-state index in [9.17, 15) is 9.59 Å². The number of esters is 1. The molecule has 7 nitrogen and oxygen atoms in total. The lowest BCUT2D eigenvalue weighted by Crippen LogP contribution is -2.22. The molecule has 0 aliphatic carbocycles. The number of aryl methyl sites for hydroxylation is 1. The molecular weight excluding hydrogens is 382 g/mol. The number of aromatic nitrogens is 2. The van der Waals surface area contributed by atoms with Crippen molar-refractivity contribution in [2.75, 3.05) is 19.0 Å². The van der Waals surface area contributed by atoms with Crippen LogP contribution in [0.2, 0.25) is 5.02 Å². The summed E-state index contributed by atoms with van der Waals surface area (Å²) >= 11 is 5.91. The summed E-state index contributed by atoms with van der Waals surface area (Å²) in [5, 5.41) is 7.44. The molecular formula is C20H18ClN3O4. The van der Waals surface area contributed by atoms with Gasteiger partial charge in [0, 0.05) is 11.1 Å². The van der Waals surface area contributed by atoms with Crippen LogP contribution in [0, 0.1) is 6.92 Å². The minimum atomic E-state index is -0.706. The number of anilines is 1. The number of nitrogens with zero attached hydrogens (tertiary/aromatic N) is 2. The van der Waals surface area contributed by atoms with Gasteiger partial charge in [0.05, 0.1) is 18.5 Å². The normalized spacial score (nSPS) is 10.4. The van der Waals surface area contributed by atoms with Crippen LogP contribution < -0.4 is 10.1 Å².